The lowest BCUT2D eigenvalue weighted by Crippen LogP contribution is -2.38. The van der Waals surface area contributed by atoms with E-state index in [2.05, 4.69) is 15.8 Å². The zero-order valence-corrected chi connectivity index (χ0v) is 7.41. The molecular formula is C10H11N3. The number of nitrogens with one attached hydrogen (secondary N) is 2. The molecule has 1 aliphatic rings. The molecular weight excluding hydrogens is 162 g/mol. The van der Waals surface area contributed by atoms with Crippen molar-refractivity contribution in [1.82, 2.24) is 10.9 Å². The zero-order chi connectivity index (χ0) is 9.10. The molecule has 2 rings (SSSR count). The molecule has 1 aromatic carbocycles. The van der Waals surface area contributed by atoms with Crippen LogP contribution in [0, 0.1) is 0 Å². The Hall–Kier alpha value is -1.77. The lowest BCUT2D eigenvalue weighted by Gasteiger charge is -2.15. The maximum atomic E-state index is 4.26. The van der Waals surface area contributed by atoms with E-state index in [0.29, 0.717) is 0 Å². The second kappa shape index (κ2) is 3.31. The van der Waals surface area contributed by atoms with Crippen LogP contribution < -0.4 is 10.9 Å². The van der Waals surface area contributed by atoms with Gasteiger partial charge in [0.15, 0.2) is 5.84 Å². The van der Waals surface area contributed by atoms with Crippen LogP contribution in [-0.2, 0) is 0 Å². The Bertz CT molecular complexity index is 352. The summed E-state index contributed by atoms with van der Waals surface area (Å²) in [6, 6.07) is 10.0. The first-order valence-corrected chi connectivity index (χ1v) is 4.18. The van der Waals surface area contributed by atoms with Crippen molar-refractivity contribution in [3.05, 3.63) is 47.8 Å². The second-order valence-corrected chi connectivity index (χ2v) is 2.91. The van der Waals surface area contributed by atoms with E-state index >= 15 is 0 Å². The summed E-state index contributed by atoms with van der Waals surface area (Å²) in [5.41, 5.74) is 8.12. The number of hydrazine groups is 1. The quantitative estimate of drug-likeness (QED) is 0.673. The van der Waals surface area contributed by atoms with Gasteiger partial charge in [0.1, 0.15) is 0 Å². The lowest BCUT2D eigenvalue weighted by molar-refractivity contribution is 0.747. The summed E-state index contributed by atoms with van der Waals surface area (Å²) in [6.45, 7) is 1.96. The Balaban J connectivity index is 2.29. The van der Waals surface area contributed by atoms with E-state index in [-0.39, 0.29) is 0 Å². The molecule has 0 fully saturated rings. The van der Waals surface area contributed by atoms with E-state index in [1.165, 1.54) is 0 Å². The first-order valence-electron chi connectivity index (χ1n) is 4.18. The van der Waals surface area contributed by atoms with Gasteiger partial charge in [0.05, 0.1) is 0 Å². The smallest absolute Gasteiger partial charge is 0.151 e. The molecule has 0 atom stereocenters. The molecule has 0 unspecified atom stereocenters. The predicted octanol–water partition coefficient (Wildman–Crippen LogP) is 1.40. The van der Waals surface area contributed by atoms with Crippen LogP contribution in [0.1, 0.15) is 12.5 Å². The van der Waals surface area contributed by atoms with E-state index in [4.69, 9.17) is 0 Å². The molecule has 0 aliphatic carbocycles. The van der Waals surface area contributed by atoms with Gasteiger partial charge in [-0.1, -0.05) is 30.3 Å². The Kier molecular flexibility index (Phi) is 2.00. The Morgan fingerprint density at radius 2 is 1.85 bits per heavy atom. The third-order valence-corrected chi connectivity index (χ3v) is 1.81. The highest BCUT2D eigenvalue weighted by Gasteiger charge is 2.03. The van der Waals surface area contributed by atoms with Crippen molar-refractivity contribution < 1.29 is 0 Å². The summed E-state index contributed by atoms with van der Waals surface area (Å²) < 4.78 is 0. The number of rotatable bonds is 1. The molecule has 0 radical (unpaired) electrons. The number of amidine groups is 1. The summed E-state index contributed by atoms with van der Waals surface area (Å²) in [4.78, 5) is 4.26. The lowest BCUT2D eigenvalue weighted by atomic mass is 10.2. The van der Waals surface area contributed by atoms with Crippen LogP contribution in [-0.4, -0.2) is 5.84 Å². The number of nitrogens with zero attached hydrogens (tertiary/aromatic N) is 1. The molecule has 3 nitrogen and oxygen atoms in total. The summed E-state index contributed by atoms with van der Waals surface area (Å²) in [5.74, 6) is 0.853. The SMILES string of the molecule is CC1=CN=C(c2ccccc2)NN1. The number of hydrogen-bond donors (Lipinski definition) is 2. The summed E-state index contributed by atoms with van der Waals surface area (Å²) >= 11 is 0. The van der Waals surface area contributed by atoms with Crippen LogP contribution in [0.2, 0.25) is 0 Å². The van der Waals surface area contributed by atoms with Gasteiger partial charge in [-0.15, -0.1) is 0 Å². The topological polar surface area (TPSA) is 36.4 Å². The fourth-order valence-electron chi connectivity index (χ4n) is 1.13. The van der Waals surface area contributed by atoms with Crippen LogP contribution in [0.25, 0.3) is 0 Å². The third-order valence-electron chi connectivity index (χ3n) is 1.81. The highest BCUT2D eigenvalue weighted by atomic mass is 15.4. The van der Waals surface area contributed by atoms with Gasteiger partial charge in [0.2, 0.25) is 0 Å². The summed E-state index contributed by atoms with van der Waals surface area (Å²) in [7, 11) is 0. The molecule has 3 heteroatoms. The normalized spacial score (nSPS) is 15.2. The van der Waals surface area contributed by atoms with Crippen molar-refractivity contribution in [2.24, 2.45) is 4.99 Å². The third kappa shape index (κ3) is 1.69. The van der Waals surface area contributed by atoms with Crippen LogP contribution in [0.4, 0.5) is 0 Å². The number of hydrogen-bond acceptors (Lipinski definition) is 3. The Morgan fingerprint density at radius 1 is 1.08 bits per heavy atom. The minimum absolute atomic E-state index is 0.853. The highest BCUT2D eigenvalue weighted by molar-refractivity contribution is 5.99. The first-order chi connectivity index (χ1) is 6.36. The maximum Gasteiger partial charge on any atom is 0.151 e. The fraction of sp³-hybridized carbons (Fsp3) is 0.100. The van der Waals surface area contributed by atoms with E-state index in [9.17, 15) is 0 Å². The molecule has 13 heavy (non-hydrogen) atoms. The molecule has 1 aliphatic heterocycles. The van der Waals surface area contributed by atoms with E-state index in [0.717, 1.165) is 17.1 Å². The minimum atomic E-state index is 0.853. The van der Waals surface area contributed by atoms with E-state index < -0.39 is 0 Å². The average Bonchev–Trinajstić information content (AvgIpc) is 2.20. The fourth-order valence-corrected chi connectivity index (χ4v) is 1.13. The monoisotopic (exact) mass is 173 g/mol. The molecule has 1 heterocycles. The molecule has 0 spiro atoms. The van der Waals surface area contributed by atoms with Gasteiger partial charge in [0, 0.05) is 17.5 Å². The van der Waals surface area contributed by atoms with E-state index in [1.807, 2.05) is 37.3 Å². The van der Waals surface area contributed by atoms with Crippen molar-refractivity contribution in [2.75, 3.05) is 0 Å². The van der Waals surface area contributed by atoms with Crippen molar-refractivity contribution >= 4 is 5.84 Å². The maximum absolute atomic E-state index is 4.26. The van der Waals surface area contributed by atoms with Gasteiger partial charge in [0.25, 0.3) is 0 Å². The molecule has 1 aromatic rings. The summed E-state index contributed by atoms with van der Waals surface area (Å²) in [6.07, 6.45) is 1.80. The van der Waals surface area contributed by atoms with Crippen molar-refractivity contribution in [3.63, 3.8) is 0 Å². The van der Waals surface area contributed by atoms with Gasteiger partial charge in [-0.2, -0.15) is 0 Å². The van der Waals surface area contributed by atoms with Crippen molar-refractivity contribution in [2.45, 2.75) is 6.92 Å². The molecule has 66 valence electrons. The van der Waals surface area contributed by atoms with Crippen LogP contribution in [0.15, 0.2) is 47.2 Å². The standard InChI is InChI=1S/C10H11N3/c1-8-7-11-10(13-12-8)9-5-3-2-4-6-9/h2-7,12H,1H3,(H,11,13). The molecule has 0 amide bonds. The van der Waals surface area contributed by atoms with Crippen LogP contribution in [0.5, 0.6) is 0 Å². The van der Waals surface area contributed by atoms with Crippen molar-refractivity contribution in [1.29, 1.82) is 0 Å². The van der Waals surface area contributed by atoms with Gasteiger partial charge in [-0.05, 0) is 6.92 Å². The zero-order valence-electron chi connectivity index (χ0n) is 7.41. The van der Waals surface area contributed by atoms with Crippen molar-refractivity contribution in [3.8, 4) is 0 Å². The van der Waals surface area contributed by atoms with Gasteiger partial charge < -0.3 is 5.43 Å². The summed E-state index contributed by atoms with van der Waals surface area (Å²) in [5, 5.41) is 0. The second-order valence-electron chi connectivity index (χ2n) is 2.91. The predicted molar refractivity (Wildman–Crippen MR) is 53.0 cm³/mol. The number of allylic oxidation sites excluding steroid dienone is 1. The van der Waals surface area contributed by atoms with E-state index in [1.54, 1.807) is 6.20 Å². The van der Waals surface area contributed by atoms with Gasteiger partial charge in [-0.3, -0.25) is 5.43 Å². The van der Waals surface area contributed by atoms with Gasteiger partial charge >= 0.3 is 0 Å². The molecule has 0 bridgehead atoms. The van der Waals surface area contributed by atoms with Gasteiger partial charge in [-0.25, -0.2) is 4.99 Å². The largest absolute Gasteiger partial charge is 0.302 e. The Labute approximate surface area is 77.2 Å². The number of benzene rings is 1. The number of aliphatic imine (C=N–C) groups is 1. The van der Waals surface area contributed by atoms with Crippen LogP contribution in [0.3, 0.4) is 0 Å². The Morgan fingerprint density at radius 3 is 2.46 bits per heavy atom. The first kappa shape index (κ1) is 7.86. The minimum Gasteiger partial charge on any atom is -0.302 e. The molecule has 0 saturated heterocycles. The average molecular weight is 173 g/mol. The molecule has 0 saturated carbocycles. The molecule has 0 aromatic heterocycles. The highest BCUT2D eigenvalue weighted by Crippen LogP contribution is 2.02. The van der Waals surface area contributed by atoms with Crippen LogP contribution >= 0.6 is 0 Å². The molecule has 2 N–H and O–H groups in total.